The molecule has 0 aromatic heterocycles. The predicted molar refractivity (Wildman–Crippen MR) is 62.4 cm³/mol. The van der Waals surface area contributed by atoms with E-state index in [9.17, 15) is 9.90 Å². The van der Waals surface area contributed by atoms with Crippen molar-refractivity contribution in [1.82, 2.24) is 5.32 Å². The minimum atomic E-state index is -0.583. The lowest BCUT2D eigenvalue weighted by molar-refractivity contribution is -0.122. The number of nitrogens with one attached hydrogen (secondary N) is 1. The largest absolute Gasteiger partial charge is 0.390 e. The summed E-state index contributed by atoms with van der Waals surface area (Å²) in [5, 5.41) is 12.1. The molecule has 1 aliphatic carbocycles. The summed E-state index contributed by atoms with van der Waals surface area (Å²) in [5.41, 5.74) is 2.07. The van der Waals surface area contributed by atoms with Gasteiger partial charge in [-0.3, -0.25) is 4.79 Å². The summed E-state index contributed by atoms with van der Waals surface area (Å²) >= 11 is 5.69. The fourth-order valence-electron chi connectivity index (χ4n) is 2.02. The first-order valence-electron chi connectivity index (χ1n) is 5.30. The van der Waals surface area contributed by atoms with Crippen molar-refractivity contribution in [1.29, 1.82) is 0 Å². The van der Waals surface area contributed by atoms with Gasteiger partial charge in [-0.15, -0.1) is 11.6 Å². The summed E-state index contributed by atoms with van der Waals surface area (Å²) in [6.07, 6.45) is 0.0226. The van der Waals surface area contributed by atoms with Gasteiger partial charge in [-0.25, -0.2) is 0 Å². The topological polar surface area (TPSA) is 49.3 Å². The van der Waals surface area contributed by atoms with Crippen LogP contribution in [0.1, 0.15) is 24.1 Å². The number of carbonyl (C=O) groups is 1. The molecule has 16 heavy (non-hydrogen) atoms. The molecule has 3 atom stereocenters. The summed E-state index contributed by atoms with van der Waals surface area (Å²) < 4.78 is 0. The molecule has 1 amide bonds. The number of halogens is 1. The van der Waals surface area contributed by atoms with E-state index in [1.165, 1.54) is 0 Å². The minimum absolute atomic E-state index is 0.248. The third-order valence-corrected chi connectivity index (χ3v) is 3.06. The fraction of sp³-hybridized carbons (Fsp3) is 0.417. The van der Waals surface area contributed by atoms with Crippen LogP contribution in [0.15, 0.2) is 24.3 Å². The van der Waals surface area contributed by atoms with Crippen LogP contribution in [0.3, 0.4) is 0 Å². The number of benzene rings is 1. The summed E-state index contributed by atoms with van der Waals surface area (Å²) in [7, 11) is 0. The standard InChI is InChI=1S/C12H14ClNO2/c1-7(13)12(16)14-11-9-5-3-2-4-8(9)6-10(11)15/h2-5,7,10-11,15H,6H2,1H3,(H,14,16)/t7?,10-,11+/m1/s1. The number of alkyl halides is 1. The second-order valence-corrected chi connectivity index (χ2v) is 4.73. The molecule has 1 aromatic rings. The lowest BCUT2D eigenvalue weighted by Gasteiger charge is -2.18. The van der Waals surface area contributed by atoms with E-state index >= 15 is 0 Å². The number of hydrogen-bond acceptors (Lipinski definition) is 2. The van der Waals surface area contributed by atoms with Gasteiger partial charge >= 0.3 is 0 Å². The number of amides is 1. The number of fused-ring (bicyclic) bond motifs is 1. The molecule has 4 heteroatoms. The Morgan fingerprint density at radius 2 is 2.25 bits per heavy atom. The third kappa shape index (κ3) is 2.06. The number of rotatable bonds is 2. The Kier molecular flexibility index (Phi) is 3.17. The van der Waals surface area contributed by atoms with Gasteiger partial charge in [-0.05, 0) is 18.1 Å². The molecule has 2 rings (SSSR count). The van der Waals surface area contributed by atoms with Crippen LogP contribution in [0.5, 0.6) is 0 Å². The van der Waals surface area contributed by atoms with Gasteiger partial charge in [0.2, 0.25) is 5.91 Å². The quantitative estimate of drug-likeness (QED) is 0.767. The third-order valence-electron chi connectivity index (χ3n) is 2.86. The SMILES string of the molecule is CC(Cl)C(=O)N[C@H]1c2ccccc2C[C@H]1O. The van der Waals surface area contributed by atoms with Gasteiger partial charge < -0.3 is 10.4 Å². The van der Waals surface area contributed by atoms with Crippen molar-refractivity contribution in [3.05, 3.63) is 35.4 Å². The van der Waals surface area contributed by atoms with Crippen LogP contribution < -0.4 is 5.32 Å². The molecule has 0 saturated carbocycles. The Hall–Kier alpha value is -1.06. The molecule has 0 heterocycles. The van der Waals surface area contributed by atoms with Gasteiger partial charge in [-0.2, -0.15) is 0 Å². The lowest BCUT2D eigenvalue weighted by atomic mass is 10.1. The van der Waals surface area contributed by atoms with Crippen molar-refractivity contribution >= 4 is 17.5 Å². The van der Waals surface area contributed by atoms with E-state index in [0.717, 1.165) is 11.1 Å². The van der Waals surface area contributed by atoms with Crippen LogP contribution >= 0.6 is 11.6 Å². The van der Waals surface area contributed by atoms with E-state index in [2.05, 4.69) is 5.32 Å². The average molecular weight is 240 g/mol. The van der Waals surface area contributed by atoms with Gasteiger partial charge in [0.1, 0.15) is 5.38 Å². The molecular formula is C12H14ClNO2. The highest BCUT2D eigenvalue weighted by Gasteiger charge is 2.32. The Morgan fingerprint density at radius 3 is 2.94 bits per heavy atom. The van der Waals surface area contributed by atoms with Crippen LogP contribution in [0.2, 0.25) is 0 Å². The highest BCUT2D eigenvalue weighted by molar-refractivity contribution is 6.30. The lowest BCUT2D eigenvalue weighted by Crippen LogP contribution is -2.37. The Bertz CT molecular complexity index is 406. The molecule has 0 radical (unpaired) electrons. The number of aliphatic hydroxyl groups excluding tert-OH is 1. The molecule has 0 saturated heterocycles. The van der Waals surface area contributed by atoms with Crippen molar-refractivity contribution in [2.75, 3.05) is 0 Å². The summed E-state index contributed by atoms with van der Waals surface area (Å²) in [6.45, 7) is 1.62. The van der Waals surface area contributed by atoms with Crippen LogP contribution in [0.4, 0.5) is 0 Å². The smallest absolute Gasteiger partial charge is 0.238 e. The molecular weight excluding hydrogens is 226 g/mol. The number of carbonyl (C=O) groups excluding carboxylic acids is 1. The van der Waals surface area contributed by atoms with E-state index < -0.39 is 11.5 Å². The Morgan fingerprint density at radius 1 is 1.56 bits per heavy atom. The normalized spacial score (nSPS) is 24.9. The first-order valence-corrected chi connectivity index (χ1v) is 5.73. The maximum atomic E-state index is 11.5. The molecule has 2 N–H and O–H groups in total. The van der Waals surface area contributed by atoms with E-state index in [1.54, 1.807) is 6.92 Å². The van der Waals surface area contributed by atoms with Gasteiger partial charge in [0.15, 0.2) is 0 Å². The first kappa shape index (κ1) is 11.4. The van der Waals surface area contributed by atoms with Crippen LogP contribution in [-0.2, 0) is 11.2 Å². The fourth-order valence-corrected chi connectivity index (χ4v) is 2.08. The maximum Gasteiger partial charge on any atom is 0.238 e. The monoisotopic (exact) mass is 239 g/mol. The Balaban J connectivity index is 2.19. The van der Waals surface area contributed by atoms with Crippen molar-refractivity contribution in [2.45, 2.75) is 30.9 Å². The van der Waals surface area contributed by atoms with Crippen LogP contribution in [0.25, 0.3) is 0 Å². The zero-order chi connectivity index (χ0) is 11.7. The van der Waals surface area contributed by atoms with Crippen LogP contribution in [0, 0.1) is 0 Å². The van der Waals surface area contributed by atoms with E-state index in [1.807, 2.05) is 24.3 Å². The van der Waals surface area contributed by atoms with Crippen molar-refractivity contribution < 1.29 is 9.90 Å². The van der Waals surface area contributed by atoms with E-state index in [4.69, 9.17) is 11.6 Å². The second kappa shape index (κ2) is 4.44. The number of hydrogen-bond donors (Lipinski definition) is 2. The zero-order valence-corrected chi connectivity index (χ0v) is 9.74. The highest BCUT2D eigenvalue weighted by atomic mass is 35.5. The van der Waals surface area contributed by atoms with Gasteiger partial charge in [0, 0.05) is 6.42 Å². The average Bonchev–Trinajstić information content (AvgIpc) is 2.55. The van der Waals surface area contributed by atoms with Crippen molar-refractivity contribution in [3.8, 4) is 0 Å². The number of aliphatic hydroxyl groups is 1. The molecule has 1 unspecified atom stereocenters. The first-order chi connectivity index (χ1) is 7.59. The molecule has 0 bridgehead atoms. The molecule has 0 fully saturated rings. The van der Waals surface area contributed by atoms with Gasteiger partial charge in [-0.1, -0.05) is 24.3 Å². The summed E-state index contributed by atoms with van der Waals surface area (Å²) in [5.74, 6) is -0.248. The molecule has 0 spiro atoms. The second-order valence-electron chi connectivity index (χ2n) is 4.07. The molecule has 0 aliphatic heterocycles. The van der Waals surface area contributed by atoms with E-state index in [-0.39, 0.29) is 11.9 Å². The molecule has 86 valence electrons. The molecule has 1 aromatic carbocycles. The minimum Gasteiger partial charge on any atom is -0.390 e. The van der Waals surface area contributed by atoms with Crippen LogP contribution in [-0.4, -0.2) is 22.5 Å². The van der Waals surface area contributed by atoms with Gasteiger partial charge in [0.25, 0.3) is 0 Å². The van der Waals surface area contributed by atoms with Gasteiger partial charge in [0.05, 0.1) is 12.1 Å². The maximum absolute atomic E-state index is 11.5. The Labute approximate surface area is 99.4 Å². The van der Waals surface area contributed by atoms with E-state index in [0.29, 0.717) is 6.42 Å². The highest BCUT2D eigenvalue weighted by Crippen LogP contribution is 2.31. The molecule has 1 aliphatic rings. The summed E-state index contributed by atoms with van der Waals surface area (Å²) in [6, 6.07) is 7.40. The van der Waals surface area contributed by atoms with Crippen molar-refractivity contribution in [2.24, 2.45) is 0 Å². The summed E-state index contributed by atoms with van der Waals surface area (Å²) in [4.78, 5) is 11.5. The predicted octanol–water partition coefficient (Wildman–Crippen LogP) is 1.39. The zero-order valence-electron chi connectivity index (χ0n) is 8.98. The van der Waals surface area contributed by atoms with Crippen molar-refractivity contribution in [3.63, 3.8) is 0 Å². The molecule has 3 nitrogen and oxygen atoms in total.